The lowest BCUT2D eigenvalue weighted by Gasteiger charge is -2.13. The summed E-state index contributed by atoms with van der Waals surface area (Å²) >= 11 is 5.58. The molecule has 1 fully saturated rings. The molecule has 19 heavy (non-hydrogen) atoms. The van der Waals surface area contributed by atoms with Crippen molar-refractivity contribution >= 4 is 23.4 Å². The van der Waals surface area contributed by atoms with Gasteiger partial charge in [-0.3, -0.25) is 14.5 Å². The van der Waals surface area contributed by atoms with Crippen molar-refractivity contribution < 1.29 is 22.8 Å². The van der Waals surface area contributed by atoms with Crippen molar-refractivity contribution in [1.29, 1.82) is 0 Å². The van der Waals surface area contributed by atoms with E-state index in [2.05, 4.69) is 0 Å². The van der Waals surface area contributed by atoms with Gasteiger partial charge in [0.1, 0.15) is 0 Å². The number of nitrogens with zero attached hydrogens (tertiary/aromatic N) is 1. The number of rotatable bonds is 1. The normalized spacial score (nSPS) is 20.3. The Bertz CT molecular complexity index is 556. The molecule has 1 aliphatic heterocycles. The van der Waals surface area contributed by atoms with Crippen LogP contribution >= 0.6 is 11.6 Å². The number of amides is 2. The van der Waals surface area contributed by atoms with Gasteiger partial charge in [0.15, 0.2) is 0 Å². The first-order valence-electron chi connectivity index (χ1n) is 5.39. The number of carbonyl (C=O) groups is 2. The summed E-state index contributed by atoms with van der Waals surface area (Å²) in [6.45, 7) is 0. The summed E-state index contributed by atoms with van der Waals surface area (Å²) in [6.07, 6.45) is -4.58. The fourth-order valence-electron chi connectivity index (χ4n) is 1.99. The molecule has 0 N–H and O–H groups in total. The zero-order valence-electron chi connectivity index (χ0n) is 9.79. The number of carbonyl (C=O) groups excluding carboxylic acids is 2. The average molecular weight is 292 g/mol. The second kappa shape index (κ2) is 4.52. The van der Waals surface area contributed by atoms with E-state index in [9.17, 15) is 22.8 Å². The standard InChI is InChI=1S/C12H9ClF3NO2/c1-17-10(18)5-7(11(17)19)6-2-3-8(9(13)4-6)12(14,15)16/h2-4,7H,5H2,1H3. The van der Waals surface area contributed by atoms with Gasteiger partial charge in [0.2, 0.25) is 11.8 Å². The molecule has 1 aromatic carbocycles. The van der Waals surface area contributed by atoms with E-state index in [-0.39, 0.29) is 12.3 Å². The summed E-state index contributed by atoms with van der Waals surface area (Å²) in [5.41, 5.74) is -0.635. The summed E-state index contributed by atoms with van der Waals surface area (Å²) in [5, 5.41) is -0.472. The second-order valence-corrected chi connectivity index (χ2v) is 4.69. The molecule has 2 rings (SSSR count). The molecule has 3 nitrogen and oxygen atoms in total. The zero-order chi connectivity index (χ0) is 14.4. The van der Waals surface area contributed by atoms with E-state index in [1.54, 1.807) is 0 Å². The largest absolute Gasteiger partial charge is 0.417 e. The average Bonchev–Trinajstić information content (AvgIpc) is 2.55. The highest BCUT2D eigenvalue weighted by Crippen LogP contribution is 2.37. The smallest absolute Gasteiger partial charge is 0.285 e. The van der Waals surface area contributed by atoms with Crippen molar-refractivity contribution in [3.63, 3.8) is 0 Å². The lowest BCUT2D eigenvalue weighted by molar-refractivity contribution is -0.138. The number of hydrogen-bond donors (Lipinski definition) is 0. The number of imide groups is 1. The van der Waals surface area contributed by atoms with Crippen LogP contribution in [0.15, 0.2) is 18.2 Å². The predicted octanol–water partition coefficient (Wildman–Crippen LogP) is 2.83. The molecule has 0 saturated carbocycles. The number of halogens is 4. The molecule has 102 valence electrons. The van der Waals surface area contributed by atoms with E-state index < -0.39 is 28.6 Å². The first kappa shape index (κ1) is 13.9. The Morgan fingerprint density at radius 1 is 1.32 bits per heavy atom. The number of benzene rings is 1. The van der Waals surface area contributed by atoms with Crippen LogP contribution < -0.4 is 0 Å². The topological polar surface area (TPSA) is 37.4 Å². The molecule has 0 radical (unpaired) electrons. The third-order valence-electron chi connectivity index (χ3n) is 3.08. The molecule has 1 heterocycles. The van der Waals surface area contributed by atoms with E-state index in [0.717, 1.165) is 17.0 Å². The van der Waals surface area contributed by atoms with Crippen LogP contribution in [0.2, 0.25) is 5.02 Å². The fraction of sp³-hybridized carbons (Fsp3) is 0.333. The Balaban J connectivity index is 2.36. The van der Waals surface area contributed by atoms with E-state index >= 15 is 0 Å². The van der Waals surface area contributed by atoms with E-state index in [1.807, 2.05) is 0 Å². The van der Waals surface area contributed by atoms with Crippen molar-refractivity contribution in [2.75, 3.05) is 7.05 Å². The van der Waals surface area contributed by atoms with E-state index in [0.29, 0.717) is 5.56 Å². The maximum Gasteiger partial charge on any atom is 0.417 e. The first-order chi connectivity index (χ1) is 8.71. The van der Waals surface area contributed by atoms with Gasteiger partial charge in [0.25, 0.3) is 0 Å². The molecule has 0 aromatic heterocycles. The Morgan fingerprint density at radius 2 is 1.95 bits per heavy atom. The molecule has 1 atom stereocenters. The van der Waals surface area contributed by atoms with E-state index in [4.69, 9.17) is 11.6 Å². The van der Waals surface area contributed by atoms with Gasteiger partial charge in [-0.15, -0.1) is 0 Å². The molecule has 1 aliphatic rings. The van der Waals surface area contributed by atoms with Crippen LogP contribution in [0.4, 0.5) is 13.2 Å². The summed E-state index contributed by atoms with van der Waals surface area (Å²) in [4.78, 5) is 24.1. The SMILES string of the molecule is CN1C(=O)CC(c2ccc(C(F)(F)F)c(Cl)c2)C1=O. The van der Waals surface area contributed by atoms with Crippen LogP contribution in [0, 0.1) is 0 Å². The predicted molar refractivity (Wildman–Crippen MR) is 61.6 cm³/mol. The third-order valence-corrected chi connectivity index (χ3v) is 3.40. The molecule has 0 spiro atoms. The molecule has 0 bridgehead atoms. The molecule has 0 aliphatic carbocycles. The molecular weight excluding hydrogens is 283 g/mol. The van der Waals surface area contributed by atoms with Crippen molar-refractivity contribution in [1.82, 2.24) is 4.90 Å². The van der Waals surface area contributed by atoms with Crippen LogP contribution in [-0.2, 0) is 15.8 Å². The van der Waals surface area contributed by atoms with Gasteiger partial charge >= 0.3 is 6.18 Å². The molecule has 1 aromatic rings. The Labute approximate surface area is 111 Å². The van der Waals surface area contributed by atoms with Crippen molar-refractivity contribution in [3.8, 4) is 0 Å². The van der Waals surface area contributed by atoms with Gasteiger partial charge in [-0.25, -0.2) is 0 Å². The first-order valence-corrected chi connectivity index (χ1v) is 5.76. The third kappa shape index (κ3) is 2.45. The molecular formula is C12H9ClF3NO2. The minimum Gasteiger partial charge on any atom is -0.285 e. The highest BCUT2D eigenvalue weighted by Gasteiger charge is 2.38. The summed E-state index contributed by atoms with van der Waals surface area (Å²) in [7, 11) is 1.34. The van der Waals surface area contributed by atoms with Gasteiger partial charge in [0, 0.05) is 13.5 Å². The maximum atomic E-state index is 12.5. The lowest BCUT2D eigenvalue weighted by atomic mass is 9.96. The Morgan fingerprint density at radius 3 is 2.37 bits per heavy atom. The summed E-state index contributed by atoms with van der Waals surface area (Å²) in [5.74, 6) is -1.54. The van der Waals surface area contributed by atoms with Crippen LogP contribution in [0.3, 0.4) is 0 Å². The quantitative estimate of drug-likeness (QED) is 0.746. The Hall–Kier alpha value is -1.56. The van der Waals surface area contributed by atoms with Gasteiger partial charge in [-0.2, -0.15) is 13.2 Å². The molecule has 2 amide bonds. The number of likely N-dealkylation sites (tertiary alicyclic amines) is 1. The zero-order valence-corrected chi connectivity index (χ0v) is 10.5. The highest BCUT2D eigenvalue weighted by molar-refractivity contribution is 6.31. The van der Waals surface area contributed by atoms with Crippen molar-refractivity contribution in [2.24, 2.45) is 0 Å². The van der Waals surface area contributed by atoms with Crippen LogP contribution in [0.1, 0.15) is 23.5 Å². The number of hydrogen-bond acceptors (Lipinski definition) is 2. The number of alkyl halides is 3. The number of likely N-dealkylation sites (N-methyl/N-ethyl adjacent to an activating group) is 1. The highest BCUT2D eigenvalue weighted by atomic mass is 35.5. The van der Waals surface area contributed by atoms with Gasteiger partial charge in [-0.1, -0.05) is 17.7 Å². The van der Waals surface area contributed by atoms with E-state index in [1.165, 1.54) is 13.1 Å². The minimum absolute atomic E-state index is 0.0446. The van der Waals surface area contributed by atoms with Gasteiger partial charge in [-0.05, 0) is 17.7 Å². The van der Waals surface area contributed by atoms with Crippen molar-refractivity contribution in [3.05, 3.63) is 34.3 Å². The lowest BCUT2D eigenvalue weighted by Crippen LogP contribution is -2.25. The summed E-state index contributed by atoms with van der Waals surface area (Å²) < 4.78 is 37.6. The monoisotopic (exact) mass is 291 g/mol. The summed E-state index contributed by atoms with van der Waals surface area (Å²) in [6, 6.07) is 3.11. The molecule has 7 heteroatoms. The van der Waals surface area contributed by atoms with Gasteiger partial charge in [0.05, 0.1) is 16.5 Å². The van der Waals surface area contributed by atoms with Gasteiger partial charge < -0.3 is 0 Å². The molecule has 1 unspecified atom stereocenters. The van der Waals surface area contributed by atoms with Crippen LogP contribution in [0.25, 0.3) is 0 Å². The molecule has 1 saturated heterocycles. The van der Waals surface area contributed by atoms with Crippen LogP contribution in [0.5, 0.6) is 0 Å². The minimum atomic E-state index is -4.54. The fourth-order valence-corrected chi connectivity index (χ4v) is 2.29. The second-order valence-electron chi connectivity index (χ2n) is 4.28. The maximum absolute atomic E-state index is 12.5. The van der Waals surface area contributed by atoms with Crippen LogP contribution in [-0.4, -0.2) is 23.8 Å². The van der Waals surface area contributed by atoms with Crippen molar-refractivity contribution in [2.45, 2.75) is 18.5 Å². The Kier molecular flexibility index (Phi) is 3.30.